The fourth-order valence-corrected chi connectivity index (χ4v) is 2.77. The number of ether oxygens (including phenoxy) is 1. The van der Waals surface area contributed by atoms with Crippen LogP contribution in [-0.2, 0) is 4.74 Å². The average Bonchev–Trinajstić information content (AvgIpc) is 3.06. The zero-order valence-electron chi connectivity index (χ0n) is 12.2. The lowest BCUT2D eigenvalue weighted by atomic mass is 10.1. The number of nitrogens with zero attached hydrogens (tertiary/aromatic N) is 5. The first-order valence-electron chi connectivity index (χ1n) is 7.25. The van der Waals surface area contributed by atoms with Gasteiger partial charge in [0, 0.05) is 19.3 Å². The molecule has 118 valence electrons. The quantitative estimate of drug-likeness (QED) is 0.684. The Kier molecular flexibility index (Phi) is 3.23. The molecule has 8 nitrogen and oxygen atoms in total. The van der Waals surface area contributed by atoms with Crippen molar-refractivity contribution in [2.45, 2.75) is 6.10 Å². The van der Waals surface area contributed by atoms with E-state index in [0.717, 1.165) is 17.9 Å². The van der Waals surface area contributed by atoms with Gasteiger partial charge in [-0.2, -0.15) is 14.6 Å². The molecule has 1 aliphatic heterocycles. The number of aromatic nitrogens is 4. The summed E-state index contributed by atoms with van der Waals surface area (Å²) >= 11 is 0. The van der Waals surface area contributed by atoms with Crippen molar-refractivity contribution in [1.82, 2.24) is 19.6 Å². The lowest BCUT2D eigenvalue weighted by Gasteiger charge is -2.34. The molecule has 0 radical (unpaired) electrons. The molecule has 0 spiro atoms. The summed E-state index contributed by atoms with van der Waals surface area (Å²) in [6.07, 6.45) is 2.97. The summed E-state index contributed by atoms with van der Waals surface area (Å²) in [5, 5.41) is 23.3. The molecule has 3 aromatic rings. The lowest BCUT2D eigenvalue weighted by molar-refractivity contribution is 0.0392. The zero-order valence-corrected chi connectivity index (χ0v) is 12.2. The highest BCUT2D eigenvalue weighted by molar-refractivity contribution is 5.46. The van der Waals surface area contributed by atoms with Gasteiger partial charge in [0.25, 0.3) is 5.78 Å². The summed E-state index contributed by atoms with van der Waals surface area (Å²) in [5.41, 5.74) is 0.814. The van der Waals surface area contributed by atoms with Gasteiger partial charge in [0.15, 0.2) is 11.5 Å². The van der Waals surface area contributed by atoms with Crippen molar-refractivity contribution in [1.29, 1.82) is 0 Å². The molecule has 1 aromatic carbocycles. The van der Waals surface area contributed by atoms with Crippen LogP contribution in [0.25, 0.3) is 5.78 Å². The van der Waals surface area contributed by atoms with E-state index in [-0.39, 0.29) is 17.6 Å². The smallest absolute Gasteiger partial charge is 0.254 e. The Morgan fingerprint density at radius 1 is 1.13 bits per heavy atom. The van der Waals surface area contributed by atoms with Crippen LogP contribution in [0.15, 0.2) is 36.8 Å². The fraction of sp³-hybridized carbons (Fsp3) is 0.267. The third kappa shape index (κ3) is 2.42. The van der Waals surface area contributed by atoms with Crippen molar-refractivity contribution >= 4 is 11.6 Å². The van der Waals surface area contributed by atoms with Crippen molar-refractivity contribution in [2.75, 3.05) is 24.6 Å². The first-order valence-corrected chi connectivity index (χ1v) is 7.25. The predicted molar refractivity (Wildman–Crippen MR) is 81.5 cm³/mol. The van der Waals surface area contributed by atoms with Crippen LogP contribution in [0.4, 0.5) is 5.82 Å². The number of phenolic OH excluding ortho intramolecular Hbond substituents is 2. The number of aromatic hydroxyl groups is 2. The highest BCUT2D eigenvalue weighted by atomic mass is 16.5. The second-order valence-electron chi connectivity index (χ2n) is 5.33. The predicted octanol–water partition coefficient (Wildman–Crippen LogP) is 1.11. The van der Waals surface area contributed by atoms with Crippen LogP contribution >= 0.6 is 0 Å². The van der Waals surface area contributed by atoms with E-state index in [4.69, 9.17) is 4.74 Å². The van der Waals surface area contributed by atoms with Gasteiger partial charge in [-0.1, -0.05) is 6.07 Å². The van der Waals surface area contributed by atoms with Gasteiger partial charge < -0.3 is 19.8 Å². The summed E-state index contributed by atoms with van der Waals surface area (Å²) in [5.74, 6) is 1.15. The van der Waals surface area contributed by atoms with Crippen molar-refractivity contribution in [3.63, 3.8) is 0 Å². The topological polar surface area (TPSA) is 96.0 Å². The maximum atomic E-state index is 9.68. The number of fused-ring (bicyclic) bond motifs is 1. The van der Waals surface area contributed by atoms with Gasteiger partial charge in [0.1, 0.15) is 18.2 Å². The molecule has 8 heteroatoms. The third-order valence-corrected chi connectivity index (χ3v) is 3.92. The monoisotopic (exact) mass is 313 g/mol. The highest BCUT2D eigenvalue weighted by Crippen LogP contribution is 2.31. The largest absolute Gasteiger partial charge is 0.504 e. The molecule has 2 aromatic heterocycles. The van der Waals surface area contributed by atoms with Gasteiger partial charge >= 0.3 is 0 Å². The Morgan fingerprint density at radius 3 is 2.91 bits per heavy atom. The maximum Gasteiger partial charge on any atom is 0.254 e. The molecule has 0 saturated carbocycles. The molecule has 0 aliphatic carbocycles. The van der Waals surface area contributed by atoms with Crippen molar-refractivity contribution in [3.8, 4) is 11.5 Å². The molecular formula is C15H15N5O3. The number of morpholine rings is 1. The van der Waals surface area contributed by atoms with Crippen LogP contribution in [0.3, 0.4) is 0 Å². The summed E-state index contributed by atoms with van der Waals surface area (Å²) < 4.78 is 7.50. The van der Waals surface area contributed by atoms with E-state index >= 15 is 0 Å². The van der Waals surface area contributed by atoms with Gasteiger partial charge in [-0.3, -0.25) is 0 Å². The van der Waals surface area contributed by atoms with Gasteiger partial charge in [-0.25, -0.2) is 4.98 Å². The molecule has 0 bridgehead atoms. The number of hydrogen-bond acceptors (Lipinski definition) is 7. The van der Waals surface area contributed by atoms with Crippen molar-refractivity contribution in [3.05, 3.63) is 42.4 Å². The molecule has 0 amide bonds. The Labute approximate surface area is 131 Å². The van der Waals surface area contributed by atoms with Crippen LogP contribution in [0.1, 0.15) is 11.7 Å². The minimum Gasteiger partial charge on any atom is -0.504 e. The van der Waals surface area contributed by atoms with Crippen LogP contribution in [0.2, 0.25) is 0 Å². The summed E-state index contributed by atoms with van der Waals surface area (Å²) in [6, 6.07) is 6.63. The molecule has 1 aliphatic rings. The van der Waals surface area contributed by atoms with E-state index in [0.29, 0.717) is 18.9 Å². The molecule has 23 heavy (non-hydrogen) atoms. The van der Waals surface area contributed by atoms with E-state index in [9.17, 15) is 10.2 Å². The van der Waals surface area contributed by atoms with Gasteiger partial charge in [0.05, 0.1) is 6.61 Å². The minimum absolute atomic E-state index is 0.139. The van der Waals surface area contributed by atoms with Gasteiger partial charge in [0.2, 0.25) is 0 Å². The minimum atomic E-state index is -0.206. The normalized spacial score (nSPS) is 18.4. The van der Waals surface area contributed by atoms with Crippen molar-refractivity contribution in [2.24, 2.45) is 0 Å². The van der Waals surface area contributed by atoms with Crippen molar-refractivity contribution < 1.29 is 14.9 Å². The Morgan fingerprint density at radius 2 is 2.04 bits per heavy atom. The Bertz CT molecular complexity index is 850. The number of rotatable bonds is 2. The second-order valence-corrected chi connectivity index (χ2v) is 5.33. The number of hydrogen-bond donors (Lipinski definition) is 2. The molecule has 1 atom stereocenters. The highest BCUT2D eigenvalue weighted by Gasteiger charge is 2.24. The molecule has 1 fully saturated rings. The number of benzene rings is 1. The summed E-state index contributed by atoms with van der Waals surface area (Å²) in [7, 11) is 0. The molecule has 4 rings (SSSR count). The molecule has 1 saturated heterocycles. The molecule has 3 heterocycles. The molecule has 2 N–H and O–H groups in total. The van der Waals surface area contributed by atoms with Crippen LogP contribution in [0, 0.1) is 0 Å². The number of anilines is 1. The van der Waals surface area contributed by atoms with Crippen LogP contribution < -0.4 is 4.90 Å². The molecule has 1 unspecified atom stereocenters. The molecular weight excluding hydrogens is 298 g/mol. The van der Waals surface area contributed by atoms with E-state index in [1.165, 1.54) is 18.5 Å². The zero-order chi connectivity index (χ0) is 15.8. The van der Waals surface area contributed by atoms with E-state index in [1.54, 1.807) is 16.8 Å². The second kappa shape index (κ2) is 5.40. The standard InChI is InChI=1S/C15H15N5O3/c21-11-2-1-10(7-12(11)22)13-8-19(5-6-23-13)14-3-4-16-15-17-9-18-20(14)15/h1-4,7,9,13,21-22H,5-6,8H2. The fourth-order valence-electron chi connectivity index (χ4n) is 2.77. The van der Waals surface area contributed by atoms with Gasteiger partial charge in [-0.15, -0.1) is 0 Å². The first kappa shape index (κ1) is 13.8. The summed E-state index contributed by atoms with van der Waals surface area (Å²) in [4.78, 5) is 10.4. The van der Waals surface area contributed by atoms with Gasteiger partial charge in [-0.05, 0) is 23.8 Å². The third-order valence-electron chi connectivity index (χ3n) is 3.92. The first-order chi connectivity index (χ1) is 11.2. The maximum absolute atomic E-state index is 9.68. The Hall–Kier alpha value is -2.87. The summed E-state index contributed by atoms with van der Waals surface area (Å²) in [6.45, 7) is 1.87. The van der Waals surface area contributed by atoms with Crippen LogP contribution in [0.5, 0.6) is 11.5 Å². The average molecular weight is 313 g/mol. The van der Waals surface area contributed by atoms with E-state index in [1.807, 2.05) is 6.07 Å². The SMILES string of the molecule is Oc1ccc(C2CN(c3ccnc4ncnn34)CCO2)cc1O. The van der Waals surface area contributed by atoms with Crippen LogP contribution in [-0.4, -0.2) is 49.5 Å². The number of phenols is 2. The van der Waals surface area contributed by atoms with E-state index in [2.05, 4.69) is 20.0 Å². The van der Waals surface area contributed by atoms with E-state index < -0.39 is 0 Å². The lowest BCUT2D eigenvalue weighted by Crippen LogP contribution is -2.39. The Balaban J connectivity index is 1.64.